The van der Waals surface area contributed by atoms with Gasteiger partial charge < -0.3 is 24.8 Å². The standard InChI is InChI=1S/C24H24N4O4S/c1-31-19-10-14-7-8-28(23(21-4-3-9-33-21)16(14)12-20(19)32-2)13-22(29)25-15-5-6-17-18(11-15)27-24(30)26-17/h3-6,9-12,23H,7-8,13H2,1-2H3,(H,25,29)(H2,26,27,30)/t23-/m1/s1. The summed E-state index contributed by atoms with van der Waals surface area (Å²) in [6.45, 7) is 0.973. The maximum absolute atomic E-state index is 13.0. The second kappa shape index (κ2) is 8.76. The Morgan fingerprint density at radius 2 is 1.91 bits per heavy atom. The van der Waals surface area contributed by atoms with Crippen LogP contribution in [0.3, 0.4) is 0 Å². The van der Waals surface area contributed by atoms with Gasteiger partial charge in [-0.05, 0) is 59.3 Å². The van der Waals surface area contributed by atoms with Gasteiger partial charge in [0.05, 0.1) is 37.8 Å². The monoisotopic (exact) mass is 464 g/mol. The number of anilines is 1. The first-order chi connectivity index (χ1) is 16.1. The van der Waals surface area contributed by atoms with Crippen LogP contribution >= 0.6 is 11.3 Å². The highest BCUT2D eigenvalue weighted by Gasteiger charge is 2.32. The third-order valence-electron chi connectivity index (χ3n) is 5.93. The Balaban J connectivity index is 1.42. The minimum Gasteiger partial charge on any atom is -0.493 e. The minimum atomic E-state index is -0.272. The summed E-state index contributed by atoms with van der Waals surface area (Å²) in [4.78, 5) is 33.3. The molecular formula is C24H24N4O4S. The molecule has 5 rings (SSSR count). The van der Waals surface area contributed by atoms with E-state index in [1.165, 1.54) is 10.4 Å². The molecule has 3 heterocycles. The van der Waals surface area contributed by atoms with E-state index in [0.29, 0.717) is 28.2 Å². The molecule has 1 amide bonds. The number of ether oxygens (including phenoxy) is 2. The van der Waals surface area contributed by atoms with E-state index in [1.54, 1.807) is 43.8 Å². The number of nitrogens with zero attached hydrogens (tertiary/aromatic N) is 1. The van der Waals surface area contributed by atoms with E-state index in [-0.39, 0.29) is 24.2 Å². The summed E-state index contributed by atoms with van der Waals surface area (Å²) in [5.41, 5.74) is 4.05. The number of thiophene rings is 1. The van der Waals surface area contributed by atoms with Crippen LogP contribution in [0.1, 0.15) is 22.0 Å². The van der Waals surface area contributed by atoms with Crippen LogP contribution in [-0.4, -0.2) is 48.1 Å². The van der Waals surface area contributed by atoms with Crippen molar-refractivity contribution in [1.82, 2.24) is 14.9 Å². The van der Waals surface area contributed by atoms with Crippen molar-refractivity contribution in [2.45, 2.75) is 12.5 Å². The lowest BCUT2D eigenvalue weighted by atomic mass is 9.91. The normalized spacial score (nSPS) is 15.9. The second-order valence-electron chi connectivity index (χ2n) is 7.93. The third-order valence-corrected chi connectivity index (χ3v) is 6.86. The Bertz CT molecular complexity index is 1360. The summed E-state index contributed by atoms with van der Waals surface area (Å²) in [5.74, 6) is 1.28. The van der Waals surface area contributed by atoms with Crippen molar-refractivity contribution < 1.29 is 14.3 Å². The van der Waals surface area contributed by atoms with Gasteiger partial charge >= 0.3 is 5.69 Å². The van der Waals surface area contributed by atoms with Crippen LogP contribution in [0, 0.1) is 0 Å². The van der Waals surface area contributed by atoms with Gasteiger partial charge in [0, 0.05) is 17.1 Å². The molecule has 170 valence electrons. The Kier molecular flexibility index (Phi) is 5.65. The molecule has 0 bridgehead atoms. The maximum atomic E-state index is 13.0. The zero-order chi connectivity index (χ0) is 22.9. The van der Waals surface area contributed by atoms with E-state index >= 15 is 0 Å². The second-order valence-corrected chi connectivity index (χ2v) is 8.91. The highest BCUT2D eigenvalue weighted by atomic mass is 32.1. The zero-order valence-electron chi connectivity index (χ0n) is 18.3. The average molecular weight is 465 g/mol. The molecule has 0 spiro atoms. The van der Waals surface area contributed by atoms with E-state index < -0.39 is 0 Å². The van der Waals surface area contributed by atoms with Gasteiger partial charge in [-0.2, -0.15) is 0 Å². The number of nitrogens with one attached hydrogen (secondary N) is 3. The van der Waals surface area contributed by atoms with Crippen LogP contribution < -0.4 is 20.5 Å². The fraction of sp³-hybridized carbons (Fsp3) is 0.250. The number of imidazole rings is 1. The quantitative estimate of drug-likeness (QED) is 0.406. The van der Waals surface area contributed by atoms with Gasteiger partial charge in [-0.1, -0.05) is 6.07 Å². The lowest BCUT2D eigenvalue weighted by Gasteiger charge is -2.37. The summed E-state index contributed by atoms with van der Waals surface area (Å²) >= 11 is 1.67. The van der Waals surface area contributed by atoms with E-state index in [0.717, 1.165) is 18.5 Å². The molecule has 1 aliphatic rings. The van der Waals surface area contributed by atoms with Crippen LogP contribution in [0.25, 0.3) is 11.0 Å². The third kappa shape index (κ3) is 4.12. The van der Waals surface area contributed by atoms with Gasteiger partial charge in [-0.3, -0.25) is 9.69 Å². The smallest absolute Gasteiger partial charge is 0.323 e. The molecule has 2 aromatic carbocycles. The first kappa shape index (κ1) is 21.3. The van der Waals surface area contributed by atoms with Gasteiger partial charge in [0.1, 0.15) is 0 Å². The Morgan fingerprint density at radius 1 is 1.12 bits per heavy atom. The molecule has 4 aromatic rings. The number of carbonyl (C=O) groups is 1. The molecular weight excluding hydrogens is 440 g/mol. The lowest BCUT2D eigenvalue weighted by molar-refractivity contribution is -0.117. The first-order valence-electron chi connectivity index (χ1n) is 10.6. The van der Waals surface area contributed by atoms with E-state index in [1.807, 2.05) is 18.2 Å². The number of H-pyrrole nitrogens is 2. The number of aromatic nitrogens is 2. The van der Waals surface area contributed by atoms with Gasteiger partial charge in [0.15, 0.2) is 11.5 Å². The lowest BCUT2D eigenvalue weighted by Crippen LogP contribution is -2.40. The van der Waals surface area contributed by atoms with Crippen molar-refractivity contribution >= 4 is 34.0 Å². The molecule has 0 saturated heterocycles. The molecule has 3 N–H and O–H groups in total. The number of carbonyl (C=O) groups excluding carboxylic acids is 1. The molecule has 0 aliphatic carbocycles. The topological polar surface area (TPSA) is 99.4 Å². The first-order valence-corrected chi connectivity index (χ1v) is 11.5. The molecule has 1 aliphatic heterocycles. The molecule has 33 heavy (non-hydrogen) atoms. The van der Waals surface area contributed by atoms with Gasteiger partial charge in [-0.15, -0.1) is 11.3 Å². The van der Waals surface area contributed by atoms with Crippen LogP contribution in [0.4, 0.5) is 5.69 Å². The van der Waals surface area contributed by atoms with E-state index in [2.05, 4.69) is 31.6 Å². The summed E-state index contributed by atoms with van der Waals surface area (Å²) < 4.78 is 11.0. The Labute approximate surface area is 194 Å². The summed E-state index contributed by atoms with van der Waals surface area (Å²) in [5, 5.41) is 5.01. The van der Waals surface area contributed by atoms with Gasteiger partial charge in [-0.25, -0.2) is 4.79 Å². The number of amides is 1. The fourth-order valence-corrected chi connectivity index (χ4v) is 5.32. The van der Waals surface area contributed by atoms with Crippen molar-refractivity contribution in [2.24, 2.45) is 0 Å². The molecule has 8 nitrogen and oxygen atoms in total. The zero-order valence-corrected chi connectivity index (χ0v) is 19.1. The van der Waals surface area contributed by atoms with E-state index in [4.69, 9.17) is 9.47 Å². The summed E-state index contributed by atoms with van der Waals surface area (Å²) in [6, 6.07) is 13.4. The van der Waals surface area contributed by atoms with Gasteiger partial charge in [0.2, 0.25) is 5.91 Å². The highest BCUT2D eigenvalue weighted by molar-refractivity contribution is 7.10. The summed E-state index contributed by atoms with van der Waals surface area (Å²) in [7, 11) is 3.27. The van der Waals surface area contributed by atoms with Crippen LogP contribution in [0.2, 0.25) is 0 Å². The predicted molar refractivity (Wildman–Crippen MR) is 129 cm³/mol. The number of fused-ring (bicyclic) bond motifs is 2. The molecule has 9 heteroatoms. The molecule has 0 unspecified atom stereocenters. The van der Waals surface area contributed by atoms with E-state index in [9.17, 15) is 9.59 Å². The molecule has 0 radical (unpaired) electrons. The molecule has 1 atom stereocenters. The van der Waals surface area contributed by atoms with Crippen molar-refractivity contribution in [3.8, 4) is 11.5 Å². The Morgan fingerprint density at radius 3 is 2.67 bits per heavy atom. The number of rotatable bonds is 6. The maximum Gasteiger partial charge on any atom is 0.323 e. The number of aromatic amines is 2. The largest absolute Gasteiger partial charge is 0.493 e. The molecule has 0 saturated carbocycles. The number of benzene rings is 2. The SMILES string of the molecule is COc1cc2c(cc1OC)[C@H](c1cccs1)N(CC(=O)Nc1ccc3[nH]c(=O)[nH]c3c1)CC2. The van der Waals surface area contributed by atoms with Crippen LogP contribution in [-0.2, 0) is 11.2 Å². The number of hydrogen-bond donors (Lipinski definition) is 3. The predicted octanol–water partition coefficient (Wildman–Crippen LogP) is 3.52. The van der Waals surface area contributed by atoms with Crippen LogP contribution in [0.15, 0.2) is 52.6 Å². The highest BCUT2D eigenvalue weighted by Crippen LogP contribution is 2.42. The van der Waals surface area contributed by atoms with Crippen molar-refractivity contribution in [1.29, 1.82) is 0 Å². The minimum absolute atomic E-state index is 0.0529. The Hall–Kier alpha value is -3.56. The van der Waals surface area contributed by atoms with Crippen molar-refractivity contribution in [2.75, 3.05) is 32.6 Å². The number of hydrogen-bond acceptors (Lipinski definition) is 6. The number of methoxy groups -OCH3 is 2. The molecule has 0 fully saturated rings. The van der Waals surface area contributed by atoms with Crippen molar-refractivity contribution in [3.05, 3.63) is 74.3 Å². The van der Waals surface area contributed by atoms with Crippen molar-refractivity contribution in [3.63, 3.8) is 0 Å². The van der Waals surface area contributed by atoms with Crippen LogP contribution in [0.5, 0.6) is 11.5 Å². The summed E-state index contributed by atoms with van der Waals surface area (Å²) in [6.07, 6.45) is 0.807. The molecule has 2 aromatic heterocycles. The van der Waals surface area contributed by atoms with Gasteiger partial charge in [0.25, 0.3) is 0 Å². The fourth-order valence-electron chi connectivity index (χ4n) is 4.44. The average Bonchev–Trinajstić information content (AvgIpc) is 3.46.